The molecule has 1 aromatic carbocycles. The first-order chi connectivity index (χ1) is 11.1. The van der Waals surface area contributed by atoms with Gasteiger partial charge in [0.1, 0.15) is 6.61 Å². The van der Waals surface area contributed by atoms with Gasteiger partial charge in [-0.25, -0.2) is 4.79 Å². The van der Waals surface area contributed by atoms with E-state index in [1.54, 1.807) is 45.4 Å². The fourth-order valence-corrected chi connectivity index (χ4v) is 4.83. The standard InChI is InChI=1S/C11H12O2.C10H16/c1-9(2)11(12)13-8-10-6-4-3-5-7-10;1-7-2-9-4-8(1)5-10(3-7)6-9/h3-7H,1,8H2,2H3;7-10H,1-6H2. The summed E-state index contributed by atoms with van der Waals surface area (Å²) in [5.74, 6) is 4.36. The molecule has 0 heterocycles. The highest BCUT2D eigenvalue weighted by molar-refractivity contribution is 5.86. The summed E-state index contributed by atoms with van der Waals surface area (Å²) in [5, 5.41) is 0. The lowest BCUT2D eigenvalue weighted by atomic mass is 9.56. The Hall–Kier alpha value is -1.57. The molecular formula is C21H28O2. The lowest BCUT2D eigenvalue weighted by Crippen LogP contribution is -2.38. The van der Waals surface area contributed by atoms with Crippen LogP contribution in [0.5, 0.6) is 0 Å². The first-order valence-electron chi connectivity index (χ1n) is 8.96. The quantitative estimate of drug-likeness (QED) is 0.570. The van der Waals surface area contributed by atoms with E-state index in [9.17, 15) is 4.79 Å². The van der Waals surface area contributed by atoms with Crippen LogP contribution in [0.25, 0.3) is 0 Å². The molecule has 0 amide bonds. The molecule has 0 N–H and O–H groups in total. The highest BCUT2D eigenvalue weighted by Crippen LogP contribution is 2.53. The van der Waals surface area contributed by atoms with E-state index in [1.165, 1.54) is 23.7 Å². The van der Waals surface area contributed by atoms with Crippen LogP contribution in [-0.2, 0) is 16.1 Å². The number of benzene rings is 1. The summed E-state index contributed by atoms with van der Waals surface area (Å²) in [4.78, 5) is 11.0. The molecule has 0 aliphatic heterocycles. The molecule has 124 valence electrons. The Balaban J connectivity index is 0.000000139. The predicted molar refractivity (Wildman–Crippen MR) is 92.7 cm³/mol. The van der Waals surface area contributed by atoms with E-state index in [-0.39, 0.29) is 5.97 Å². The molecule has 0 atom stereocenters. The third kappa shape index (κ3) is 4.46. The molecule has 1 aromatic rings. The molecule has 4 saturated carbocycles. The Labute approximate surface area is 139 Å². The van der Waals surface area contributed by atoms with Crippen molar-refractivity contribution in [1.82, 2.24) is 0 Å². The van der Waals surface area contributed by atoms with Crippen LogP contribution in [0.15, 0.2) is 42.5 Å². The zero-order valence-electron chi connectivity index (χ0n) is 14.2. The van der Waals surface area contributed by atoms with Crippen molar-refractivity contribution >= 4 is 5.97 Å². The molecule has 0 unspecified atom stereocenters. The summed E-state index contributed by atoms with van der Waals surface area (Å²) in [7, 11) is 0. The van der Waals surface area contributed by atoms with Crippen molar-refractivity contribution in [3.63, 3.8) is 0 Å². The average Bonchev–Trinajstić information content (AvgIpc) is 2.53. The minimum atomic E-state index is -0.344. The Morgan fingerprint density at radius 2 is 1.39 bits per heavy atom. The van der Waals surface area contributed by atoms with Gasteiger partial charge in [0.05, 0.1) is 0 Å². The Kier molecular flexibility index (Phi) is 5.20. The maximum absolute atomic E-state index is 11.0. The van der Waals surface area contributed by atoms with Crippen molar-refractivity contribution in [2.75, 3.05) is 0 Å². The summed E-state index contributed by atoms with van der Waals surface area (Å²) in [6.45, 7) is 5.44. The maximum Gasteiger partial charge on any atom is 0.333 e. The second-order valence-electron chi connectivity index (χ2n) is 7.72. The van der Waals surface area contributed by atoms with E-state index in [0.29, 0.717) is 12.2 Å². The lowest BCUT2D eigenvalue weighted by molar-refractivity contribution is -0.140. The molecule has 4 aliphatic carbocycles. The number of carbonyl (C=O) groups excluding carboxylic acids is 1. The fraction of sp³-hybridized carbons (Fsp3) is 0.571. The van der Waals surface area contributed by atoms with Gasteiger partial charge in [0, 0.05) is 5.57 Å². The molecule has 4 fully saturated rings. The van der Waals surface area contributed by atoms with Crippen LogP contribution in [0.2, 0.25) is 0 Å². The zero-order valence-corrected chi connectivity index (χ0v) is 14.2. The second-order valence-corrected chi connectivity index (χ2v) is 7.72. The van der Waals surface area contributed by atoms with Crippen LogP contribution in [-0.4, -0.2) is 5.97 Å². The number of ether oxygens (including phenoxy) is 1. The lowest BCUT2D eigenvalue weighted by Gasteiger charge is -2.49. The summed E-state index contributed by atoms with van der Waals surface area (Å²) in [6.07, 6.45) is 9.62. The van der Waals surface area contributed by atoms with Gasteiger partial charge in [-0.15, -0.1) is 0 Å². The van der Waals surface area contributed by atoms with Crippen LogP contribution in [0.4, 0.5) is 0 Å². The molecule has 5 rings (SSSR count). The fourth-order valence-electron chi connectivity index (χ4n) is 4.83. The molecule has 0 aromatic heterocycles. The average molecular weight is 312 g/mol. The third-order valence-corrected chi connectivity index (χ3v) is 5.56. The maximum atomic E-state index is 11.0. The Bertz CT molecular complexity index is 490. The molecule has 4 bridgehead atoms. The minimum Gasteiger partial charge on any atom is -0.457 e. The van der Waals surface area contributed by atoms with E-state index < -0.39 is 0 Å². The Morgan fingerprint density at radius 1 is 0.957 bits per heavy atom. The van der Waals surface area contributed by atoms with Gasteiger partial charge in [-0.2, -0.15) is 0 Å². The molecular weight excluding hydrogens is 284 g/mol. The highest BCUT2D eigenvalue weighted by Gasteiger charge is 2.41. The molecule has 0 spiro atoms. The first-order valence-corrected chi connectivity index (χ1v) is 8.96. The van der Waals surface area contributed by atoms with E-state index in [1.807, 2.05) is 30.3 Å². The number of rotatable bonds is 3. The number of hydrogen-bond acceptors (Lipinski definition) is 2. The normalized spacial score (nSPS) is 30.3. The van der Waals surface area contributed by atoms with E-state index in [2.05, 4.69) is 6.58 Å². The molecule has 2 nitrogen and oxygen atoms in total. The van der Waals surface area contributed by atoms with E-state index in [4.69, 9.17) is 4.74 Å². The number of carbonyl (C=O) groups is 1. The predicted octanol–water partition coefficient (Wildman–Crippen LogP) is 5.14. The second kappa shape index (κ2) is 7.33. The van der Waals surface area contributed by atoms with E-state index >= 15 is 0 Å². The van der Waals surface area contributed by atoms with Gasteiger partial charge in [0.15, 0.2) is 0 Å². The van der Waals surface area contributed by atoms with Crippen molar-refractivity contribution in [1.29, 1.82) is 0 Å². The van der Waals surface area contributed by atoms with Gasteiger partial charge in [-0.3, -0.25) is 0 Å². The minimum absolute atomic E-state index is 0.312. The van der Waals surface area contributed by atoms with Gasteiger partial charge < -0.3 is 4.74 Å². The van der Waals surface area contributed by atoms with Crippen molar-refractivity contribution in [3.05, 3.63) is 48.0 Å². The zero-order chi connectivity index (χ0) is 16.2. The largest absolute Gasteiger partial charge is 0.457 e. The van der Waals surface area contributed by atoms with Gasteiger partial charge >= 0.3 is 5.97 Å². The van der Waals surface area contributed by atoms with Crippen LogP contribution >= 0.6 is 0 Å². The van der Waals surface area contributed by atoms with Gasteiger partial charge in [0.25, 0.3) is 0 Å². The van der Waals surface area contributed by atoms with Crippen LogP contribution in [0.3, 0.4) is 0 Å². The van der Waals surface area contributed by atoms with Gasteiger partial charge in [-0.1, -0.05) is 36.9 Å². The third-order valence-electron chi connectivity index (χ3n) is 5.56. The summed E-state index contributed by atoms with van der Waals surface area (Å²) >= 11 is 0. The molecule has 23 heavy (non-hydrogen) atoms. The topological polar surface area (TPSA) is 26.3 Å². The van der Waals surface area contributed by atoms with Crippen LogP contribution < -0.4 is 0 Å². The smallest absolute Gasteiger partial charge is 0.333 e. The summed E-state index contributed by atoms with van der Waals surface area (Å²) in [5.41, 5.74) is 1.41. The van der Waals surface area contributed by atoms with Gasteiger partial charge in [-0.05, 0) is 74.7 Å². The van der Waals surface area contributed by atoms with Crippen LogP contribution in [0, 0.1) is 23.7 Å². The van der Waals surface area contributed by atoms with Crippen molar-refractivity contribution in [2.24, 2.45) is 23.7 Å². The molecule has 0 saturated heterocycles. The monoisotopic (exact) mass is 312 g/mol. The highest BCUT2D eigenvalue weighted by atomic mass is 16.5. The first kappa shape index (κ1) is 16.3. The van der Waals surface area contributed by atoms with E-state index in [0.717, 1.165) is 5.56 Å². The summed E-state index contributed by atoms with van der Waals surface area (Å²) < 4.78 is 4.95. The summed E-state index contributed by atoms with van der Waals surface area (Å²) in [6, 6.07) is 9.55. The number of esters is 1. The van der Waals surface area contributed by atoms with Crippen molar-refractivity contribution in [2.45, 2.75) is 52.1 Å². The molecule has 2 heteroatoms. The Morgan fingerprint density at radius 3 is 1.78 bits per heavy atom. The molecule has 0 radical (unpaired) electrons. The van der Waals surface area contributed by atoms with Gasteiger partial charge in [0.2, 0.25) is 0 Å². The SMILES string of the molecule is C1C2CC3CC1CC(C2)C3.C=C(C)C(=O)OCc1ccccc1. The molecule has 4 aliphatic rings. The van der Waals surface area contributed by atoms with Crippen molar-refractivity contribution < 1.29 is 9.53 Å². The van der Waals surface area contributed by atoms with Crippen LogP contribution in [0.1, 0.15) is 51.0 Å². The van der Waals surface area contributed by atoms with Crippen molar-refractivity contribution in [3.8, 4) is 0 Å². The number of hydrogen-bond donors (Lipinski definition) is 0.